The molecule has 0 bridgehead atoms. The number of aromatic nitrogens is 1. The summed E-state index contributed by atoms with van der Waals surface area (Å²) in [5, 5.41) is 0. The summed E-state index contributed by atoms with van der Waals surface area (Å²) in [4.78, 5) is 29.8. The van der Waals surface area contributed by atoms with E-state index in [0.717, 1.165) is 50.4 Å². The van der Waals surface area contributed by atoms with Crippen LogP contribution in [0, 0.1) is 0 Å². The lowest BCUT2D eigenvalue weighted by molar-refractivity contribution is -0.137. The van der Waals surface area contributed by atoms with E-state index in [0.29, 0.717) is 5.82 Å². The molecule has 1 fully saturated rings. The van der Waals surface area contributed by atoms with Crippen molar-refractivity contribution in [2.75, 3.05) is 36.8 Å². The summed E-state index contributed by atoms with van der Waals surface area (Å²) in [5.74, 6) is 0.105. The molecule has 0 unspecified atom stereocenters. The van der Waals surface area contributed by atoms with E-state index in [9.17, 15) is 22.8 Å². The number of alkyl halides is 3. The number of nitrogens with zero attached hydrogens (tertiary/aromatic N) is 3. The Morgan fingerprint density at radius 2 is 1.83 bits per heavy atom. The van der Waals surface area contributed by atoms with Gasteiger partial charge in [-0.25, -0.2) is 4.98 Å². The Kier molecular flexibility index (Phi) is 7.97. The number of pyridine rings is 1. The zero-order valence-electron chi connectivity index (χ0n) is 16.5. The molecule has 0 radical (unpaired) electrons. The number of amides is 1. The lowest BCUT2D eigenvalue weighted by Gasteiger charge is -2.33. The Bertz CT molecular complexity index is 875. The summed E-state index contributed by atoms with van der Waals surface area (Å²) in [5.41, 5.74) is 5.82. The first kappa shape index (κ1) is 22.9. The Labute approximate surface area is 172 Å². The van der Waals surface area contributed by atoms with Crippen LogP contribution in [0.4, 0.5) is 24.7 Å². The lowest BCUT2D eigenvalue weighted by Crippen LogP contribution is -2.45. The maximum absolute atomic E-state index is 12.3. The van der Waals surface area contributed by atoms with Crippen molar-refractivity contribution >= 4 is 23.7 Å². The molecule has 0 saturated carbocycles. The van der Waals surface area contributed by atoms with Crippen LogP contribution in [0.15, 0.2) is 54.7 Å². The lowest BCUT2D eigenvalue weighted by atomic mass is 10.1. The molecular formula is C21H23F3N4O2. The molecule has 2 aromatic rings. The largest absolute Gasteiger partial charge is 0.416 e. The summed E-state index contributed by atoms with van der Waals surface area (Å²) in [6.07, 6.45) is 0.981. The first-order valence-corrected chi connectivity index (χ1v) is 9.24. The number of halogens is 3. The molecule has 1 aliphatic rings. The molecule has 1 amide bonds. The van der Waals surface area contributed by atoms with E-state index in [1.807, 2.05) is 6.07 Å². The van der Waals surface area contributed by atoms with Crippen molar-refractivity contribution in [1.29, 1.82) is 0 Å². The molecule has 2 N–H and O–H groups in total. The predicted octanol–water partition coefficient (Wildman–Crippen LogP) is 3.41. The van der Waals surface area contributed by atoms with Crippen molar-refractivity contribution in [1.82, 2.24) is 9.88 Å². The van der Waals surface area contributed by atoms with E-state index < -0.39 is 17.5 Å². The molecule has 1 aromatic carbocycles. The molecule has 0 spiro atoms. The van der Waals surface area contributed by atoms with Gasteiger partial charge < -0.3 is 15.5 Å². The fourth-order valence-corrected chi connectivity index (χ4v) is 2.77. The number of allylic oxidation sites excluding steroid dienone is 2. The summed E-state index contributed by atoms with van der Waals surface area (Å²) < 4.78 is 36.9. The topological polar surface area (TPSA) is 79.5 Å². The number of ketones is 1. The van der Waals surface area contributed by atoms with E-state index in [1.165, 1.54) is 24.3 Å². The second-order valence-corrected chi connectivity index (χ2v) is 6.51. The third-order valence-electron chi connectivity index (χ3n) is 4.39. The van der Waals surface area contributed by atoms with Gasteiger partial charge >= 0.3 is 6.18 Å². The minimum absolute atomic E-state index is 0.0444. The monoisotopic (exact) mass is 420 g/mol. The van der Waals surface area contributed by atoms with Gasteiger partial charge in [0.1, 0.15) is 5.82 Å². The first-order chi connectivity index (χ1) is 14.2. The molecule has 3 rings (SSSR count). The van der Waals surface area contributed by atoms with Crippen LogP contribution >= 0.6 is 0 Å². The van der Waals surface area contributed by atoms with Crippen molar-refractivity contribution in [2.45, 2.75) is 13.1 Å². The second-order valence-electron chi connectivity index (χ2n) is 6.51. The van der Waals surface area contributed by atoms with Gasteiger partial charge in [-0.15, -0.1) is 0 Å². The van der Waals surface area contributed by atoms with Crippen molar-refractivity contribution in [3.63, 3.8) is 0 Å². The number of anilines is 2. The van der Waals surface area contributed by atoms with Gasteiger partial charge in [-0.2, -0.15) is 13.2 Å². The van der Waals surface area contributed by atoms with Gasteiger partial charge in [-0.3, -0.25) is 9.59 Å². The summed E-state index contributed by atoms with van der Waals surface area (Å²) >= 11 is 0. The van der Waals surface area contributed by atoms with Crippen molar-refractivity contribution < 1.29 is 22.8 Å². The minimum atomic E-state index is -4.41. The molecule has 1 aromatic heterocycles. The molecule has 1 aliphatic heterocycles. The summed E-state index contributed by atoms with van der Waals surface area (Å²) in [7, 11) is 0. The SMILES string of the molecule is C/C=C/C(=O)c1cccc(C(F)(F)F)c1.Nc1ccc(N2CCN(C=O)CC2)cn1. The molecule has 1 saturated heterocycles. The normalized spacial score (nSPS) is 14.3. The number of carbonyl (C=O) groups is 2. The molecule has 0 aliphatic carbocycles. The number of hydrogen-bond acceptors (Lipinski definition) is 5. The van der Waals surface area contributed by atoms with Crippen LogP contribution in [0.5, 0.6) is 0 Å². The van der Waals surface area contributed by atoms with Gasteiger partial charge in [0.15, 0.2) is 5.78 Å². The zero-order valence-corrected chi connectivity index (χ0v) is 16.5. The Hall–Kier alpha value is -3.36. The Morgan fingerprint density at radius 3 is 2.37 bits per heavy atom. The highest BCUT2D eigenvalue weighted by Gasteiger charge is 2.30. The molecular weight excluding hydrogens is 397 g/mol. The fraction of sp³-hybridized carbons (Fsp3) is 0.286. The van der Waals surface area contributed by atoms with E-state index in [4.69, 9.17) is 5.73 Å². The number of benzene rings is 1. The summed E-state index contributed by atoms with van der Waals surface area (Å²) in [6.45, 7) is 4.88. The summed E-state index contributed by atoms with van der Waals surface area (Å²) in [6, 6.07) is 8.12. The average molecular weight is 420 g/mol. The third kappa shape index (κ3) is 6.61. The highest BCUT2D eigenvalue weighted by molar-refractivity contribution is 6.04. The highest BCUT2D eigenvalue weighted by Crippen LogP contribution is 2.29. The number of nitrogens with two attached hydrogens (primary N) is 1. The van der Waals surface area contributed by atoms with E-state index in [-0.39, 0.29) is 5.56 Å². The Balaban J connectivity index is 0.000000214. The Morgan fingerprint density at radius 1 is 1.13 bits per heavy atom. The van der Waals surface area contributed by atoms with Gasteiger partial charge in [-0.1, -0.05) is 18.2 Å². The van der Waals surface area contributed by atoms with Crippen LogP contribution in [-0.2, 0) is 11.0 Å². The van der Waals surface area contributed by atoms with Crippen LogP contribution in [0.25, 0.3) is 0 Å². The zero-order chi connectivity index (χ0) is 22.1. The van der Waals surface area contributed by atoms with Crippen molar-refractivity contribution in [3.05, 3.63) is 65.9 Å². The van der Waals surface area contributed by atoms with Crippen LogP contribution in [0.3, 0.4) is 0 Å². The van der Waals surface area contributed by atoms with E-state index in [1.54, 1.807) is 24.1 Å². The van der Waals surface area contributed by atoms with E-state index in [2.05, 4.69) is 9.88 Å². The molecule has 0 atom stereocenters. The van der Waals surface area contributed by atoms with Crippen LogP contribution in [0.2, 0.25) is 0 Å². The maximum Gasteiger partial charge on any atom is 0.416 e. The van der Waals surface area contributed by atoms with Gasteiger partial charge in [0, 0.05) is 31.7 Å². The molecule has 2 heterocycles. The fourth-order valence-electron chi connectivity index (χ4n) is 2.77. The van der Waals surface area contributed by atoms with Crippen LogP contribution in [-0.4, -0.2) is 48.3 Å². The van der Waals surface area contributed by atoms with Gasteiger partial charge in [0.2, 0.25) is 6.41 Å². The van der Waals surface area contributed by atoms with E-state index >= 15 is 0 Å². The van der Waals surface area contributed by atoms with Crippen molar-refractivity contribution in [3.8, 4) is 0 Å². The number of nitrogen functional groups attached to an aromatic ring is 1. The number of hydrogen-bond donors (Lipinski definition) is 1. The predicted molar refractivity (Wildman–Crippen MR) is 109 cm³/mol. The molecule has 9 heteroatoms. The van der Waals surface area contributed by atoms with Gasteiger partial charge in [0.05, 0.1) is 17.4 Å². The maximum atomic E-state index is 12.3. The number of carbonyl (C=O) groups excluding carboxylic acids is 2. The van der Waals surface area contributed by atoms with Crippen molar-refractivity contribution in [2.24, 2.45) is 0 Å². The highest BCUT2D eigenvalue weighted by atomic mass is 19.4. The number of piperazine rings is 1. The molecule has 30 heavy (non-hydrogen) atoms. The average Bonchev–Trinajstić information content (AvgIpc) is 2.74. The standard InChI is InChI=1S/C11H9F3O.C10H14N4O/c1-2-4-10(15)8-5-3-6-9(7-8)11(12,13)14;11-10-2-1-9(7-12-10)14-5-3-13(8-15)4-6-14/h2-7H,1H3;1-2,7-8H,3-6H2,(H2,11,12)/b4-2+;. The van der Waals surface area contributed by atoms with Gasteiger partial charge in [-0.05, 0) is 37.3 Å². The first-order valence-electron chi connectivity index (χ1n) is 9.24. The smallest absolute Gasteiger partial charge is 0.384 e. The quantitative estimate of drug-likeness (QED) is 0.466. The molecule has 160 valence electrons. The third-order valence-corrected chi connectivity index (χ3v) is 4.39. The van der Waals surface area contributed by atoms with Crippen LogP contribution < -0.4 is 10.6 Å². The van der Waals surface area contributed by atoms with Gasteiger partial charge in [0.25, 0.3) is 0 Å². The number of rotatable bonds is 4. The van der Waals surface area contributed by atoms with Crippen LogP contribution in [0.1, 0.15) is 22.8 Å². The second kappa shape index (κ2) is 10.4. The molecule has 6 nitrogen and oxygen atoms in total. The minimum Gasteiger partial charge on any atom is -0.384 e.